The molecule has 6 nitrogen and oxygen atoms in total. The summed E-state index contributed by atoms with van der Waals surface area (Å²) in [6, 6.07) is 7.82. The molecular weight excluding hydrogens is 304 g/mol. The number of rotatable bonds is 5. The van der Waals surface area contributed by atoms with Gasteiger partial charge in [0.15, 0.2) is 0 Å². The van der Waals surface area contributed by atoms with Crippen LogP contribution in [-0.2, 0) is 6.54 Å². The van der Waals surface area contributed by atoms with Gasteiger partial charge in [-0.05, 0) is 32.4 Å². The van der Waals surface area contributed by atoms with E-state index in [4.69, 9.17) is 4.74 Å². The zero-order chi connectivity index (χ0) is 16.9. The van der Waals surface area contributed by atoms with Crippen molar-refractivity contribution < 1.29 is 9.53 Å². The number of para-hydroxylation sites is 1. The fraction of sp³-hybridized carbons (Fsp3) is 0.389. The molecule has 0 aliphatic carbocycles. The molecule has 2 heterocycles. The zero-order valence-corrected chi connectivity index (χ0v) is 14.0. The highest BCUT2D eigenvalue weighted by molar-refractivity contribution is 5.94. The maximum Gasteiger partial charge on any atom is 0.254 e. The van der Waals surface area contributed by atoms with Crippen LogP contribution in [0.3, 0.4) is 0 Å². The summed E-state index contributed by atoms with van der Waals surface area (Å²) in [5, 5.41) is 6.27. The molecule has 1 saturated heterocycles. The molecule has 1 atom stereocenters. The average molecular weight is 326 g/mol. The normalized spacial score (nSPS) is 16.8. The van der Waals surface area contributed by atoms with Crippen LogP contribution in [0.1, 0.15) is 46.3 Å². The van der Waals surface area contributed by atoms with Crippen molar-refractivity contribution in [3.8, 4) is 5.75 Å². The number of aromatic nitrogens is 2. The summed E-state index contributed by atoms with van der Waals surface area (Å²) in [5.74, 6) is 1.35. The monoisotopic (exact) mass is 326 g/mol. The number of nitrogens with one attached hydrogen (secondary N) is 2. The largest absolute Gasteiger partial charge is 0.496 e. The van der Waals surface area contributed by atoms with E-state index in [9.17, 15) is 4.79 Å². The van der Waals surface area contributed by atoms with Gasteiger partial charge in [-0.25, -0.2) is 9.97 Å². The summed E-state index contributed by atoms with van der Waals surface area (Å²) in [6.45, 7) is 3.24. The van der Waals surface area contributed by atoms with Gasteiger partial charge < -0.3 is 15.4 Å². The third-order valence-corrected chi connectivity index (χ3v) is 4.25. The number of hydrogen-bond donors (Lipinski definition) is 2. The number of ether oxygens (including phenoxy) is 1. The SMILES string of the molecule is COc1ccccc1CNC(=O)c1cnc([C@@H]2CCCN2)nc1C. The topological polar surface area (TPSA) is 76.1 Å². The van der Waals surface area contributed by atoms with Gasteiger partial charge in [-0.15, -0.1) is 0 Å². The van der Waals surface area contributed by atoms with E-state index in [2.05, 4.69) is 20.6 Å². The predicted molar refractivity (Wildman–Crippen MR) is 90.9 cm³/mol. The van der Waals surface area contributed by atoms with Crippen molar-refractivity contribution >= 4 is 5.91 Å². The van der Waals surface area contributed by atoms with E-state index >= 15 is 0 Å². The van der Waals surface area contributed by atoms with Gasteiger partial charge in [0.1, 0.15) is 11.6 Å². The Balaban J connectivity index is 1.68. The van der Waals surface area contributed by atoms with E-state index in [1.165, 1.54) is 0 Å². The van der Waals surface area contributed by atoms with Crippen molar-refractivity contribution in [2.45, 2.75) is 32.4 Å². The summed E-state index contributed by atoms with van der Waals surface area (Å²) in [4.78, 5) is 21.3. The number of carbonyl (C=O) groups is 1. The maximum absolute atomic E-state index is 12.4. The molecule has 2 N–H and O–H groups in total. The third kappa shape index (κ3) is 3.54. The minimum Gasteiger partial charge on any atom is -0.496 e. The third-order valence-electron chi connectivity index (χ3n) is 4.25. The first kappa shape index (κ1) is 16.4. The average Bonchev–Trinajstić information content (AvgIpc) is 3.14. The van der Waals surface area contributed by atoms with Crippen LogP contribution in [0, 0.1) is 6.92 Å². The summed E-state index contributed by atoms with van der Waals surface area (Å²) in [7, 11) is 1.62. The van der Waals surface area contributed by atoms with Crippen LogP contribution in [-0.4, -0.2) is 29.5 Å². The van der Waals surface area contributed by atoms with E-state index in [1.807, 2.05) is 31.2 Å². The minimum absolute atomic E-state index is 0.177. The summed E-state index contributed by atoms with van der Waals surface area (Å²) < 4.78 is 5.30. The Bertz CT molecular complexity index is 727. The molecule has 0 saturated carbocycles. The molecule has 2 aromatic rings. The van der Waals surface area contributed by atoms with Crippen molar-refractivity contribution in [3.63, 3.8) is 0 Å². The van der Waals surface area contributed by atoms with Crippen molar-refractivity contribution in [2.24, 2.45) is 0 Å². The minimum atomic E-state index is -0.177. The number of methoxy groups -OCH3 is 1. The number of aryl methyl sites for hydroxylation is 1. The Labute approximate surface area is 141 Å². The fourth-order valence-electron chi connectivity index (χ4n) is 2.90. The van der Waals surface area contributed by atoms with Crippen LogP contribution in [0.2, 0.25) is 0 Å². The molecule has 3 rings (SSSR count). The Hall–Kier alpha value is -2.47. The predicted octanol–water partition coefficient (Wildman–Crippen LogP) is 2.15. The molecule has 1 aliphatic rings. The van der Waals surface area contributed by atoms with Crippen molar-refractivity contribution in [1.82, 2.24) is 20.6 Å². The number of carbonyl (C=O) groups excluding carboxylic acids is 1. The first-order valence-electron chi connectivity index (χ1n) is 8.16. The van der Waals surface area contributed by atoms with Crippen LogP contribution in [0.25, 0.3) is 0 Å². The molecule has 0 bridgehead atoms. The summed E-state index contributed by atoms with van der Waals surface area (Å²) in [5.41, 5.74) is 2.14. The van der Waals surface area contributed by atoms with E-state index in [0.717, 1.165) is 36.5 Å². The van der Waals surface area contributed by atoms with Gasteiger partial charge in [0.05, 0.1) is 24.4 Å². The second-order valence-electron chi connectivity index (χ2n) is 5.87. The van der Waals surface area contributed by atoms with Gasteiger partial charge in [-0.3, -0.25) is 4.79 Å². The molecule has 126 valence electrons. The second-order valence-corrected chi connectivity index (χ2v) is 5.87. The van der Waals surface area contributed by atoms with E-state index in [-0.39, 0.29) is 11.9 Å². The lowest BCUT2D eigenvalue weighted by molar-refractivity contribution is 0.0949. The smallest absolute Gasteiger partial charge is 0.254 e. The Morgan fingerprint density at radius 3 is 2.96 bits per heavy atom. The molecule has 1 aliphatic heterocycles. The molecular formula is C18H22N4O2. The van der Waals surface area contributed by atoms with Crippen LogP contribution in [0.5, 0.6) is 5.75 Å². The first-order valence-corrected chi connectivity index (χ1v) is 8.16. The molecule has 6 heteroatoms. The Morgan fingerprint density at radius 1 is 1.42 bits per heavy atom. The van der Waals surface area contributed by atoms with E-state index in [0.29, 0.717) is 17.8 Å². The summed E-state index contributed by atoms with van der Waals surface area (Å²) in [6.07, 6.45) is 3.79. The Morgan fingerprint density at radius 2 is 2.25 bits per heavy atom. The van der Waals surface area contributed by atoms with E-state index in [1.54, 1.807) is 13.3 Å². The fourth-order valence-corrected chi connectivity index (χ4v) is 2.90. The van der Waals surface area contributed by atoms with Gasteiger partial charge in [0.25, 0.3) is 5.91 Å². The maximum atomic E-state index is 12.4. The lowest BCUT2D eigenvalue weighted by Gasteiger charge is -2.12. The van der Waals surface area contributed by atoms with Gasteiger partial charge >= 0.3 is 0 Å². The van der Waals surface area contributed by atoms with Crippen LogP contribution < -0.4 is 15.4 Å². The van der Waals surface area contributed by atoms with Crippen LogP contribution in [0.15, 0.2) is 30.5 Å². The molecule has 0 unspecified atom stereocenters. The number of hydrogen-bond acceptors (Lipinski definition) is 5. The van der Waals surface area contributed by atoms with Gasteiger partial charge in [-0.2, -0.15) is 0 Å². The lowest BCUT2D eigenvalue weighted by atomic mass is 10.1. The number of benzene rings is 1. The molecule has 1 aromatic heterocycles. The van der Waals surface area contributed by atoms with E-state index < -0.39 is 0 Å². The second kappa shape index (κ2) is 7.40. The van der Waals surface area contributed by atoms with Gasteiger partial charge in [-0.1, -0.05) is 18.2 Å². The molecule has 1 amide bonds. The quantitative estimate of drug-likeness (QED) is 0.880. The van der Waals surface area contributed by atoms with Gasteiger partial charge in [0, 0.05) is 18.3 Å². The molecule has 0 radical (unpaired) electrons. The van der Waals surface area contributed by atoms with Crippen molar-refractivity contribution in [2.75, 3.05) is 13.7 Å². The lowest BCUT2D eigenvalue weighted by Crippen LogP contribution is -2.25. The summed E-state index contributed by atoms with van der Waals surface area (Å²) >= 11 is 0. The van der Waals surface area contributed by atoms with Crippen LogP contribution >= 0.6 is 0 Å². The number of amides is 1. The number of nitrogens with zero attached hydrogens (tertiary/aromatic N) is 2. The highest BCUT2D eigenvalue weighted by Crippen LogP contribution is 2.20. The van der Waals surface area contributed by atoms with Crippen molar-refractivity contribution in [1.29, 1.82) is 0 Å². The zero-order valence-electron chi connectivity index (χ0n) is 14.0. The molecule has 1 aromatic carbocycles. The van der Waals surface area contributed by atoms with Crippen molar-refractivity contribution in [3.05, 3.63) is 53.1 Å². The first-order chi connectivity index (χ1) is 11.7. The Kier molecular flexibility index (Phi) is 5.05. The molecule has 0 spiro atoms. The van der Waals surface area contributed by atoms with Crippen LogP contribution in [0.4, 0.5) is 0 Å². The standard InChI is InChI=1S/C18H22N4O2/c1-12-14(11-20-17(22-12)15-7-5-9-19-15)18(23)21-10-13-6-3-4-8-16(13)24-2/h3-4,6,8,11,15,19H,5,7,9-10H2,1-2H3,(H,21,23)/t15-/m0/s1. The van der Waals surface area contributed by atoms with Gasteiger partial charge in [0.2, 0.25) is 0 Å². The molecule has 1 fully saturated rings. The highest BCUT2D eigenvalue weighted by atomic mass is 16.5. The molecule has 24 heavy (non-hydrogen) atoms. The highest BCUT2D eigenvalue weighted by Gasteiger charge is 2.20.